The molecule has 2 N–H and O–H groups in total. The van der Waals surface area contributed by atoms with E-state index in [0.717, 1.165) is 31.2 Å². The lowest BCUT2D eigenvalue weighted by molar-refractivity contribution is -0.126. The zero-order chi connectivity index (χ0) is 16.9. The van der Waals surface area contributed by atoms with Crippen LogP contribution in [0.3, 0.4) is 0 Å². The number of benzene rings is 1. The molecule has 1 fully saturated rings. The van der Waals surface area contributed by atoms with Crippen LogP contribution in [0.4, 0.5) is 0 Å². The molecule has 2 amide bonds. The van der Waals surface area contributed by atoms with Crippen LogP contribution in [0.2, 0.25) is 0 Å². The Kier molecular flexibility index (Phi) is 5.51. The number of unbranched alkanes of at least 4 members (excludes halogenated alkanes) is 1. The van der Waals surface area contributed by atoms with Crippen molar-refractivity contribution in [2.24, 2.45) is 0 Å². The lowest BCUT2D eigenvalue weighted by Gasteiger charge is -2.28. The number of carbonyl (C=O) groups excluding carboxylic acids is 2. The summed E-state index contributed by atoms with van der Waals surface area (Å²) in [5.41, 5.74) is 1.44. The van der Waals surface area contributed by atoms with Crippen molar-refractivity contribution in [1.29, 1.82) is 0 Å². The second-order valence-electron chi connectivity index (χ2n) is 6.76. The lowest BCUT2D eigenvalue weighted by atomic mass is 9.95. The van der Waals surface area contributed by atoms with E-state index >= 15 is 0 Å². The van der Waals surface area contributed by atoms with Crippen molar-refractivity contribution in [3.63, 3.8) is 0 Å². The molecule has 1 aliphatic heterocycles. The first-order valence-corrected chi connectivity index (χ1v) is 9.03. The van der Waals surface area contributed by atoms with E-state index in [2.05, 4.69) is 5.32 Å². The molecule has 0 saturated heterocycles. The number of rotatable bonds is 6. The molecule has 1 saturated carbocycles. The summed E-state index contributed by atoms with van der Waals surface area (Å²) in [6, 6.07) is 7.09. The van der Waals surface area contributed by atoms with Gasteiger partial charge in [0.2, 0.25) is 5.91 Å². The number of carbonyl (C=O) groups is 2. The van der Waals surface area contributed by atoms with Gasteiger partial charge in [-0.15, -0.1) is 0 Å². The lowest BCUT2D eigenvalue weighted by Crippen LogP contribution is -2.44. The number of nitrogens with one attached hydrogen (secondary N) is 1. The van der Waals surface area contributed by atoms with Crippen LogP contribution < -0.4 is 5.32 Å². The summed E-state index contributed by atoms with van der Waals surface area (Å²) < 4.78 is 0. The van der Waals surface area contributed by atoms with Gasteiger partial charge in [0.15, 0.2) is 0 Å². The molecule has 5 nitrogen and oxygen atoms in total. The summed E-state index contributed by atoms with van der Waals surface area (Å²) in [5.74, 6) is -0.142. The number of aliphatic hydroxyl groups excluding tert-OH is 1. The average Bonchev–Trinajstić information content (AvgIpc) is 2.89. The maximum Gasteiger partial charge on any atom is 0.255 e. The Labute approximate surface area is 143 Å². The van der Waals surface area contributed by atoms with Gasteiger partial charge in [0.25, 0.3) is 5.91 Å². The summed E-state index contributed by atoms with van der Waals surface area (Å²) in [4.78, 5) is 27.3. The maximum atomic E-state index is 12.9. The highest BCUT2D eigenvalue weighted by molar-refractivity contribution is 6.04. The van der Waals surface area contributed by atoms with Crippen LogP contribution in [0.5, 0.6) is 0 Å². The van der Waals surface area contributed by atoms with Crippen molar-refractivity contribution in [2.45, 2.75) is 57.0 Å². The zero-order valence-corrected chi connectivity index (χ0v) is 14.0. The molecule has 1 heterocycles. The normalized spacial score (nSPS) is 21.0. The second-order valence-corrected chi connectivity index (χ2v) is 6.76. The highest BCUT2D eigenvalue weighted by Crippen LogP contribution is 2.34. The van der Waals surface area contributed by atoms with E-state index in [4.69, 9.17) is 5.11 Å². The molecule has 3 rings (SSSR count). The summed E-state index contributed by atoms with van der Waals surface area (Å²) in [5, 5.41) is 12.1. The molecule has 1 aromatic rings. The first-order valence-electron chi connectivity index (χ1n) is 9.03. The Hall–Kier alpha value is -1.88. The van der Waals surface area contributed by atoms with Crippen LogP contribution in [-0.4, -0.2) is 41.0 Å². The molecule has 2 aliphatic rings. The predicted octanol–water partition coefficient (Wildman–Crippen LogP) is 2.40. The zero-order valence-electron chi connectivity index (χ0n) is 14.0. The van der Waals surface area contributed by atoms with E-state index in [0.29, 0.717) is 24.9 Å². The van der Waals surface area contributed by atoms with Crippen molar-refractivity contribution >= 4 is 11.8 Å². The molecule has 24 heavy (non-hydrogen) atoms. The topological polar surface area (TPSA) is 69.6 Å². The van der Waals surface area contributed by atoms with E-state index < -0.39 is 6.04 Å². The molecule has 1 atom stereocenters. The van der Waals surface area contributed by atoms with Crippen molar-refractivity contribution in [3.8, 4) is 0 Å². The van der Waals surface area contributed by atoms with Gasteiger partial charge in [0.1, 0.15) is 6.04 Å². The Morgan fingerprint density at radius 3 is 2.67 bits per heavy atom. The van der Waals surface area contributed by atoms with Crippen LogP contribution in [0.15, 0.2) is 24.3 Å². The molecule has 1 aromatic carbocycles. The fourth-order valence-electron chi connectivity index (χ4n) is 3.80. The van der Waals surface area contributed by atoms with Gasteiger partial charge >= 0.3 is 0 Å². The van der Waals surface area contributed by atoms with E-state index in [-0.39, 0.29) is 24.5 Å². The molecule has 130 valence electrons. The molecule has 1 aliphatic carbocycles. The van der Waals surface area contributed by atoms with Gasteiger partial charge in [-0.2, -0.15) is 0 Å². The third-order valence-electron chi connectivity index (χ3n) is 5.07. The number of aliphatic hydroxyl groups is 1. The Balaban J connectivity index is 1.77. The van der Waals surface area contributed by atoms with E-state index in [1.165, 1.54) is 6.42 Å². The van der Waals surface area contributed by atoms with Crippen molar-refractivity contribution in [2.75, 3.05) is 13.2 Å². The quantitative estimate of drug-likeness (QED) is 0.787. The minimum atomic E-state index is -0.533. The van der Waals surface area contributed by atoms with E-state index in [9.17, 15) is 9.59 Å². The molecular formula is C19H26N2O3. The van der Waals surface area contributed by atoms with Gasteiger partial charge < -0.3 is 15.3 Å². The largest absolute Gasteiger partial charge is 0.396 e. The van der Waals surface area contributed by atoms with Gasteiger partial charge in [-0.1, -0.05) is 37.5 Å². The smallest absolute Gasteiger partial charge is 0.255 e. The molecule has 0 aromatic heterocycles. The molecular weight excluding hydrogens is 304 g/mol. The molecule has 0 radical (unpaired) electrons. The van der Waals surface area contributed by atoms with Crippen LogP contribution in [0, 0.1) is 0 Å². The Morgan fingerprint density at radius 1 is 1.17 bits per heavy atom. The third-order valence-corrected chi connectivity index (χ3v) is 5.07. The summed E-state index contributed by atoms with van der Waals surface area (Å²) >= 11 is 0. The van der Waals surface area contributed by atoms with Crippen LogP contribution in [0.1, 0.15) is 66.9 Å². The molecule has 0 bridgehead atoms. The fraction of sp³-hybridized carbons (Fsp3) is 0.579. The first kappa shape index (κ1) is 17.0. The third kappa shape index (κ3) is 3.46. The van der Waals surface area contributed by atoms with E-state index in [1.807, 2.05) is 18.2 Å². The monoisotopic (exact) mass is 330 g/mol. The van der Waals surface area contributed by atoms with Gasteiger partial charge in [-0.3, -0.25) is 9.59 Å². The Morgan fingerprint density at radius 2 is 1.92 bits per heavy atom. The molecule has 1 unspecified atom stereocenters. The van der Waals surface area contributed by atoms with Gasteiger partial charge in [-0.05, 0) is 37.3 Å². The molecule has 5 heteroatoms. The van der Waals surface area contributed by atoms with Crippen molar-refractivity contribution < 1.29 is 14.7 Å². The fourth-order valence-corrected chi connectivity index (χ4v) is 3.80. The van der Waals surface area contributed by atoms with Crippen LogP contribution in [-0.2, 0) is 4.79 Å². The van der Waals surface area contributed by atoms with Crippen LogP contribution in [0.25, 0.3) is 0 Å². The highest BCUT2D eigenvalue weighted by atomic mass is 16.3. The molecule has 0 spiro atoms. The maximum absolute atomic E-state index is 12.9. The minimum Gasteiger partial charge on any atom is -0.396 e. The summed E-state index contributed by atoms with van der Waals surface area (Å²) in [6.45, 7) is 0.602. The van der Waals surface area contributed by atoms with Gasteiger partial charge in [0, 0.05) is 24.8 Å². The number of hydrogen-bond acceptors (Lipinski definition) is 3. The average molecular weight is 330 g/mol. The number of nitrogens with zero attached hydrogens (tertiary/aromatic N) is 1. The SMILES string of the molecule is O=C(NC1CCCCC1)C1c2ccccc2C(=O)N1CCCCO. The highest BCUT2D eigenvalue weighted by Gasteiger charge is 2.40. The summed E-state index contributed by atoms with van der Waals surface area (Å²) in [7, 11) is 0. The van der Waals surface area contributed by atoms with Gasteiger partial charge in [0.05, 0.1) is 0 Å². The standard InChI is InChI=1S/C19H26N2O3/c22-13-7-6-12-21-17(15-10-4-5-11-16(15)19(21)24)18(23)20-14-8-2-1-3-9-14/h4-5,10-11,14,17,22H,1-3,6-9,12-13H2,(H,20,23). The number of hydrogen-bond donors (Lipinski definition) is 2. The Bertz CT molecular complexity index is 596. The van der Waals surface area contributed by atoms with Crippen LogP contribution >= 0.6 is 0 Å². The summed E-state index contributed by atoms with van der Waals surface area (Å²) in [6.07, 6.45) is 6.94. The number of amides is 2. The van der Waals surface area contributed by atoms with E-state index in [1.54, 1.807) is 11.0 Å². The van der Waals surface area contributed by atoms with Crippen molar-refractivity contribution in [3.05, 3.63) is 35.4 Å². The van der Waals surface area contributed by atoms with Crippen molar-refractivity contribution in [1.82, 2.24) is 10.2 Å². The second kappa shape index (κ2) is 7.79. The predicted molar refractivity (Wildman–Crippen MR) is 91.6 cm³/mol. The minimum absolute atomic E-state index is 0.0656. The number of fused-ring (bicyclic) bond motifs is 1. The first-order chi connectivity index (χ1) is 11.7. The van der Waals surface area contributed by atoms with Gasteiger partial charge in [-0.25, -0.2) is 0 Å².